The molecule has 134 valence electrons. The van der Waals surface area contributed by atoms with Gasteiger partial charge in [0.2, 0.25) is 0 Å². The fourth-order valence-corrected chi connectivity index (χ4v) is 3.39. The molecule has 2 aromatic heterocycles. The second-order valence-electron chi connectivity index (χ2n) is 6.40. The fraction of sp³-hybridized carbons (Fsp3) is 0.333. The van der Waals surface area contributed by atoms with Gasteiger partial charge in [-0.05, 0) is 38.0 Å². The number of halogens is 1. The monoisotopic (exact) mass is 370 g/mol. The Morgan fingerprint density at radius 1 is 1.35 bits per heavy atom. The lowest BCUT2D eigenvalue weighted by Crippen LogP contribution is -2.24. The van der Waals surface area contributed by atoms with E-state index in [0.717, 1.165) is 30.2 Å². The normalized spacial score (nSPS) is 13.5. The van der Waals surface area contributed by atoms with Gasteiger partial charge < -0.3 is 9.88 Å². The van der Waals surface area contributed by atoms with E-state index in [1.54, 1.807) is 16.8 Å². The van der Waals surface area contributed by atoms with E-state index < -0.39 is 0 Å². The van der Waals surface area contributed by atoms with Crippen LogP contribution in [0.25, 0.3) is 5.69 Å². The van der Waals surface area contributed by atoms with Gasteiger partial charge in [0.25, 0.3) is 5.91 Å². The zero-order valence-corrected chi connectivity index (χ0v) is 15.2. The summed E-state index contributed by atoms with van der Waals surface area (Å²) < 4.78 is 3.78. The number of hydrogen-bond donors (Lipinski definition) is 1. The van der Waals surface area contributed by atoms with Crippen LogP contribution in [0.1, 0.15) is 40.5 Å². The summed E-state index contributed by atoms with van der Waals surface area (Å²) in [7, 11) is 0. The minimum absolute atomic E-state index is 0.262. The number of carbonyl (C=O) groups is 1. The minimum atomic E-state index is -0.262. The molecule has 1 aromatic carbocycles. The standard InChI is InChI=1S/C18H19ClN6O/c1-12-17(22-23-25(12)15-6-4-5-13(19)9-15)18(26)20-10-14-11-24-8-3-2-7-16(24)21-14/h4-6,9,11H,2-3,7-8,10H2,1H3,(H,20,26). The molecule has 0 unspecified atom stereocenters. The van der Waals surface area contributed by atoms with Crippen LogP contribution < -0.4 is 5.32 Å². The summed E-state index contributed by atoms with van der Waals surface area (Å²) in [6.45, 7) is 3.19. The second-order valence-corrected chi connectivity index (χ2v) is 6.83. The lowest BCUT2D eigenvalue weighted by molar-refractivity contribution is 0.0944. The molecule has 3 aromatic rings. The summed E-state index contributed by atoms with van der Waals surface area (Å²) >= 11 is 6.03. The van der Waals surface area contributed by atoms with E-state index in [-0.39, 0.29) is 5.91 Å². The highest BCUT2D eigenvalue weighted by molar-refractivity contribution is 6.30. The maximum atomic E-state index is 12.5. The highest BCUT2D eigenvalue weighted by Gasteiger charge is 2.18. The van der Waals surface area contributed by atoms with E-state index >= 15 is 0 Å². The summed E-state index contributed by atoms with van der Waals surface area (Å²) in [5, 5.41) is 11.6. The third kappa shape index (κ3) is 3.22. The zero-order chi connectivity index (χ0) is 18.1. The van der Waals surface area contributed by atoms with Crippen LogP contribution in [0.15, 0.2) is 30.5 Å². The van der Waals surface area contributed by atoms with Gasteiger partial charge in [0.05, 0.1) is 23.6 Å². The van der Waals surface area contributed by atoms with Gasteiger partial charge in [-0.2, -0.15) is 0 Å². The molecule has 4 rings (SSSR count). The maximum Gasteiger partial charge on any atom is 0.274 e. The Morgan fingerprint density at radius 2 is 2.23 bits per heavy atom. The van der Waals surface area contributed by atoms with Crippen molar-refractivity contribution in [3.05, 3.63) is 58.4 Å². The molecule has 1 aliphatic rings. The van der Waals surface area contributed by atoms with Crippen molar-refractivity contribution in [1.29, 1.82) is 0 Å². The molecule has 0 bridgehead atoms. The molecule has 0 aliphatic carbocycles. The molecule has 26 heavy (non-hydrogen) atoms. The number of imidazole rings is 1. The molecule has 1 aliphatic heterocycles. The largest absolute Gasteiger partial charge is 0.345 e. The number of aryl methyl sites for hydroxylation is 2. The maximum absolute atomic E-state index is 12.5. The number of aromatic nitrogens is 5. The summed E-state index contributed by atoms with van der Waals surface area (Å²) in [5.41, 5.74) is 2.60. The van der Waals surface area contributed by atoms with Gasteiger partial charge in [-0.25, -0.2) is 9.67 Å². The first-order chi connectivity index (χ1) is 12.6. The number of amides is 1. The van der Waals surface area contributed by atoms with E-state index in [1.807, 2.05) is 25.3 Å². The van der Waals surface area contributed by atoms with Gasteiger partial charge >= 0.3 is 0 Å². The summed E-state index contributed by atoms with van der Waals surface area (Å²) in [4.78, 5) is 17.1. The molecular formula is C18H19ClN6O. The Labute approximate surface area is 156 Å². The SMILES string of the molecule is Cc1c(C(=O)NCc2cn3c(n2)CCCC3)nnn1-c1cccc(Cl)c1. The van der Waals surface area contributed by atoms with Crippen molar-refractivity contribution in [1.82, 2.24) is 29.9 Å². The first-order valence-corrected chi connectivity index (χ1v) is 9.01. The zero-order valence-electron chi connectivity index (χ0n) is 14.4. The van der Waals surface area contributed by atoms with Crippen molar-refractivity contribution in [3.63, 3.8) is 0 Å². The molecule has 0 spiro atoms. The predicted octanol–water partition coefficient (Wildman–Crippen LogP) is 2.69. The molecule has 3 heterocycles. The number of hydrogen-bond acceptors (Lipinski definition) is 4. The van der Waals surface area contributed by atoms with Crippen LogP contribution in [0.3, 0.4) is 0 Å². The quantitative estimate of drug-likeness (QED) is 0.766. The third-order valence-electron chi connectivity index (χ3n) is 4.55. The number of rotatable bonds is 4. The molecular weight excluding hydrogens is 352 g/mol. The van der Waals surface area contributed by atoms with E-state index in [1.165, 1.54) is 12.8 Å². The molecule has 7 nitrogen and oxygen atoms in total. The smallest absolute Gasteiger partial charge is 0.274 e. The fourth-order valence-electron chi connectivity index (χ4n) is 3.20. The van der Waals surface area contributed by atoms with E-state index in [0.29, 0.717) is 23.0 Å². The molecule has 1 N–H and O–H groups in total. The summed E-state index contributed by atoms with van der Waals surface area (Å²) in [5.74, 6) is 0.838. The number of nitrogens with zero attached hydrogens (tertiary/aromatic N) is 5. The van der Waals surface area contributed by atoms with Gasteiger partial charge in [0.1, 0.15) is 5.82 Å². The molecule has 0 radical (unpaired) electrons. The molecule has 0 fully saturated rings. The second kappa shape index (κ2) is 6.92. The number of carbonyl (C=O) groups excluding carboxylic acids is 1. The lowest BCUT2D eigenvalue weighted by Gasteiger charge is -2.11. The summed E-state index contributed by atoms with van der Waals surface area (Å²) in [6.07, 6.45) is 5.38. The van der Waals surface area contributed by atoms with Crippen LogP contribution in [0.5, 0.6) is 0 Å². The Kier molecular flexibility index (Phi) is 4.46. The van der Waals surface area contributed by atoms with Gasteiger partial charge in [0.15, 0.2) is 5.69 Å². The van der Waals surface area contributed by atoms with Crippen molar-refractivity contribution < 1.29 is 4.79 Å². The molecule has 8 heteroatoms. The first-order valence-electron chi connectivity index (χ1n) is 8.63. The van der Waals surface area contributed by atoms with Crippen molar-refractivity contribution in [2.45, 2.75) is 39.3 Å². The van der Waals surface area contributed by atoms with Crippen LogP contribution in [-0.4, -0.2) is 30.5 Å². The van der Waals surface area contributed by atoms with Crippen molar-refractivity contribution in [3.8, 4) is 5.69 Å². The predicted molar refractivity (Wildman–Crippen MR) is 97.4 cm³/mol. The van der Waals surface area contributed by atoms with Crippen molar-refractivity contribution >= 4 is 17.5 Å². The number of fused-ring (bicyclic) bond motifs is 1. The van der Waals surface area contributed by atoms with Crippen LogP contribution in [0.2, 0.25) is 5.02 Å². The van der Waals surface area contributed by atoms with Gasteiger partial charge in [-0.1, -0.05) is 22.9 Å². The minimum Gasteiger partial charge on any atom is -0.345 e. The molecule has 1 amide bonds. The number of benzene rings is 1. The van der Waals surface area contributed by atoms with Crippen molar-refractivity contribution in [2.75, 3.05) is 0 Å². The van der Waals surface area contributed by atoms with E-state index in [2.05, 4.69) is 25.2 Å². The Hall–Kier alpha value is -2.67. The average molecular weight is 371 g/mol. The first kappa shape index (κ1) is 16.8. The van der Waals surface area contributed by atoms with Gasteiger partial charge in [-0.3, -0.25) is 4.79 Å². The number of nitrogens with one attached hydrogen (secondary N) is 1. The Morgan fingerprint density at radius 3 is 3.04 bits per heavy atom. The van der Waals surface area contributed by atoms with Crippen molar-refractivity contribution in [2.24, 2.45) is 0 Å². The molecule has 0 saturated carbocycles. The summed E-state index contributed by atoms with van der Waals surface area (Å²) in [6, 6.07) is 7.26. The highest BCUT2D eigenvalue weighted by Crippen LogP contribution is 2.17. The van der Waals surface area contributed by atoms with Crippen LogP contribution >= 0.6 is 11.6 Å². The van der Waals surface area contributed by atoms with Crippen LogP contribution in [0.4, 0.5) is 0 Å². The van der Waals surface area contributed by atoms with E-state index in [9.17, 15) is 4.79 Å². The van der Waals surface area contributed by atoms with E-state index in [4.69, 9.17) is 11.6 Å². The Bertz CT molecular complexity index is 937. The Balaban J connectivity index is 1.48. The third-order valence-corrected chi connectivity index (χ3v) is 4.79. The highest BCUT2D eigenvalue weighted by atomic mass is 35.5. The van der Waals surface area contributed by atoms with Gasteiger partial charge in [-0.15, -0.1) is 5.10 Å². The lowest BCUT2D eigenvalue weighted by atomic mass is 10.2. The van der Waals surface area contributed by atoms with Crippen LogP contribution in [0, 0.1) is 6.92 Å². The van der Waals surface area contributed by atoms with Gasteiger partial charge in [0, 0.05) is 24.2 Å². The van der Waals surface area contributed by atoms with Crippen LogP contribution in [-0.2, 0) is 19.5 Å². The average Bonchev–Trinajstić information content (AvgIpc) is 3.22. The molecule has 0 atom stereocenters. The topological polar surface area (TPSA) is 77.6 Å². The molecule has 0 saturated heterocycles.